The summed E-state index contributed by atoms with van der Waals surface area (Å²) < 4.78 is 14.5. The van der Waals surface area contributed by atoms with Gasteiger partial charge in [-0.1, -0.05) is 62.2 Å². The summed E-state index contributed by atoms with van der Waals surface area (Å²) in [6, 6.07) is 35.1. The number of halogens is 3. The van der Waals surface area contributed by atoms with Gasteiger partial charge in [-0.2, -0.15) is 15.0 Å². The van der Waals surface area contributed by atoms with Crippen LogP contribution >= 0.6 is 54.8 Å². The fourth-order valence-corrected chi connectivity index (χ4v) is 9.79. The van der Waals surface area contributed by atoms with Gasteiger partial charge in [0, 0.05) is 79.5 Å². The Labute approximate surface area is 499 Å². The summed E-state index contributed by atoms with van der Waals surface area (Å²) in [7, 11) is 0. The first-order valence-electron chi connectivity index (χ1n) is 25.8. The Morgan fingerprint density at radius 1 is 0.890 bits per heavy atom. The highest BCUT2D eigenvalue weighted by Gasteiger charge is 2.20. The number of anilines is 4. The molecule has 0 aliphatic carbocycles. The maximum atomic E-state index is 12.2. The second kappa shape index (κ2) is 29.8. The Balaban J connectivity index is 0.000000150. The zero-order valence-electron chi connectivity index (χ0n) is 45.5. The van der Waals surface area contributed by atoms with Crippen LogP contribution in [0.1, 0.15) is 78.5 Å². The molecule has 3 aliphatic heterocycles. The predicted molar refractivity (Wildman–Crippen MR) is 332 cm³/mol. The fraction of sp³-hybridized carbons (Fsp3) is 0.254. The van der Waals surface area contributed by atoms with Gasteiger partial charge in [-0.15, -0.1) is 11.3 Å². The van der Waals surface area contributed by atoms with E-state index >= 15 is 0 Å². The molecule has 5 aromatic heterocycles. The minimum Gasteiger partial charge on any atom is -0.477 e. The minimum atomic E-state index is -0.864. The highest BCUT2D eigenvalue weighted by Crippen LogP contribution is 2.29. The third-order valence-electron chi connectivity index (χ3n) is 11.8. The molecule has 0 saturated carbocycles. The maximum Gasteiger partial charge on any atom is 0.435 e. The largest absolute Gasteiger partial charge is 0.477 e. The van der Waals surface area contributed by atoms with Crippen LogP contribution in [0.3, 0.4) is 0 Å². The Morgan fingerprint density at radius 2 is 1.60 bits per heavy atom. The van der Waals surface area contributed by atoms with Crippen molar-refractivity contribution in [2.45, 2.75) is 71.6 Å². The normalized spacial score (nSPS) is 14.9. The van der Waals surface area contributed by atoms with E-state index in [9.17, 15) is 14.4 Å². The van der Waals surface area contributed by atoms with E-state index in [4.69, 9.17) is 37.2 Å². The number of thiophene rings is 1. The summed E-state index contributed by atoms with van der Waals surface area (Å²) in [5, 5.41) is 33.5. The molecule has 2 saturated heterocycles. The van der Waals surface area contributed by atoms with Crippen LogP contribution in [0, 0.1) is 18.3 Å². The topological polar surface area (TPSA) is 273 Å². The number of aromatic carboxylic acids is 1. The first-order valence-corrected chi connectivity index (χ1v) is 28.6. The van der Waals surface area contributed by atoms with Crippen LogP contribution in [0.2, 0.25) is 5.28 Å². The van der Waals surface area contributed by atoms with Crippen molar-refractivity contribution in [3.63, 3.8) is 0 Å². The van der Waals surface area contributed by atoms with Gasteiger partial charge >= 0.3 is 12.1 Å². The number of nitrogens with one attached hydrogen (secondary N) is 4. The van der Waals surface area contributed by atoms with Crippen molar-refractivity contribution in [3.05, 3.63) is 164 Å². The second-order valence-corrected chi connectivity index (χ2v) is 22.7. The van der Waals surface area contributed by atoms with Gasteiger partial charge in [0.05, 0.1) is 42.7 Å². The Bertz CT molecular complexity index is 3660. The molecule has 2 fully saturated rings. The second-order valence-electron chi connectivity index (χ2n) is 19.5. The number of ketones is 1. The molecule has 2 unspecified atom stereocenters. The Hall–Kier alpha value is -7.75. The average Bonchev–Trinajstić information content (AvgIpc) is 4.51. The van der Waals surface area contributed by atoms with E-state index in [1.165, 1.54) is 27.2 Å². The number of aryl methyl sites for hydroxylation is 1. The molecule has 19 nitrogen and oxygen atoms in total. The first-order chi connectivity index (χ1) is 39.3. The first kappa shape index (κ1) is 61.9. The third-order valence-corrected chi connectivity index (χ3v) is 14.0. The molecule has 424 valence electrons. The lowest BCUT2D eigenvalue weighted by molar-refractivity contribution is 0.0522. The van der Waals surface area contributed by atoms with Gasteiger partial charge in [0.2, 0.25) is 5.28 Å². The number of allylic oxidation sites excluding steroid dienone is 1. The molecule has 2 atom stereocenters. The molecule has 7 N–H and O–H groups in total. The van der Waals surface area contributed by atoms with E-state index in [0.717, 1.165) is 104 Å². The minimum absolute atomic E-state index is 0.0623. The van der Waals surface area contributed by atoms with Gasteiger partial charge in [-0.25, -0.2) is 29.5 Å². The number of fused-ring (bicyclic) bond motifs is 3. The van der Waals surface area contributed by atoms with Crippen molar-refractivity contribution in [2.24, 2.45) is 10.7 Å². The predicted octanol–water partition coefficient (Wildman–Crippen LogP) is 13.5. The maximum absolute atomic E-state index is 12.2. The molecule has 23 heteroatoms. The van der Waals surface area contributed by atoms with E-state index < -0.39 is 17.7 Å². The van der Waals surface area contributed by atoms with Gasteiger partial charge in [0.15, 0.2) is 5.78 Å². The number of rotatable bonds is 7. The van der Waals surface area contributed by atoms with Crippen LogP contribution in [0.25, 0.3) is 37.5 Å². The van der Waals surface area contributed by atoms with Gasteiger partial charge in [0.25, 0.3) is 0 Å². The van der Waals surface area contributed by atoms with E-state index in [1.54, 1.807) is 43.7 Å². The number of carbonyl (C=O) groups is 3. The molecule has 0 radical (unpaired) electrons. The number of Topliss-reactive ketones (excluding diaryl/α,β-unsaturated/α-hetero) is 1. The fourth-order valence-electron chi connectivity index (χ4n) is 7.83. The van der Waals surface area contributed by atoms with Crippen molar-refractivity contribution >= 4 is 139 Å². The molecule has 0 amide bonds. The number of ether oxygens (including phenoxy) is 2. The summed E-state index contributed by atoms with van der Waals surface area (Å²) in [5.41, 5.74) is 11.3. The molecule has 12 rings (SSSR count). The van der Waals surface area contributed by atoms with Crippen molar-refractivity contribution in [1.29, 1.82) is 5.26 Å². The zero-order chi connectivity index (χ0) is 58.8. The number of carboxylic acids is 1. The quantitative estimate of drug-likeness (QED) is 0.0639. The summed E-state index contributed by atoms with van der Waals surface area (Å²) in [6.45, 7) is 12.3. The zero-order valence-corrected chi connectivity index (χ0v) is 50.2. The number of hydrogen-bond acceptors (Lipinski definition) is 17. The number of aromatic amines is 1. The van der Waals surface area contributed by atoms with Gasteiger partial charge in [-0.05, 0) is 160 Å². The molecule has 3 aliphatic rings. The average molecular weight is 1270 g/mol. The molecular weight excluding hydrogens is 1210 g/mol. The molecule has 8 heterocycles. The number of nitrogens with zero attached hydrogens (tertiary/aromatic N) is 8. The van der Waals surface area contributed by atoms with E-state index in [0.29, 0.717) is 27.9 Å². The summed E-state index contributed by atoms with van der Waals surface area (Å²) in [5.74, 6) is 1.34. The highest BCUT2D eigenvalue weighted by molar-refractivity contribution is 9.10. The summed E-state index contributed by atoms with van der Waals surface area (Å²) >= 11 is 13.8. The van der Waals surface area contributed by atoms with Crippen molar-refractivity contribution in [2.75, 3.05) is 36.9 Å². The Morgan fingerprint density at radius 3 is 2.20 bits per heavy atom. The third kappa shape index (κ3) is 19.2. The standard InChI is InChI=1S/C16H16ClN5O2.C15H14N4.C10H8BrNO.C9H5BrO2S.C5H8N2.C4H9NO/c1-16(2,3)24-15(23)22-12-5-4-11(8-10(12)9-19-22)20-13-6-7-18-14(17)21-13;1-11-17-9-7-15(18-11)19-14-4-2-12(3-5-14)13-6-8-16-10-13;1-6(13)9-4-7-2-3-8(11)5-10(7)12-9;10-6-2-1-5-3-8(9(11)12)13-7(5)4-6;6-4-5-2-1-3-7-5;5-4-1-2-6-3-4/h4-9H,1-3H3,(H,18,20,21);2-7,9-10H,8H2,1H3,(H,17,18,19);2-5,12H,1H3;1-4H,(H,11,12);5,7H,1-3H2;4H,1-3,5H2. The summed E-state index contributed by atoms with van der Waals surface area (Å²) in [4.78, 5) is 57.8. The van der Waals surface area contributed by atoms with Gasteiger partial charge < -0.3 is 41.2 Å². The monoisotopic (exact) mass is 1270 g/mol. The van der Waals surface area contributed by atoms with Gasteiger partial charge in [0.1, 0.15) is 27.9 Å². The number of nitriles is 1. The SMILES string of the molecule is CC(=O)c1cc2ccc(Br)cc2[nH]1.CC(C)(C)OC(=O)n1ncc2cc(Nc3ccnc(Cl)n3)ccc21.Cc1nccc(Nc2ccc(C3=CCN=C3)cc2)n1.N#CC1CCCN1.NC1CCOC1.O=C(O)c1cc2ccc(Br)cc2s1. The highest BCUT2D eigenvalue weighted by atomic mass is 79.9. The van der Waals surface area contributed by atoms with Crippen molar-refractivity contribution in [3.8, 4) is 6.07 Å². The number of aromatic nitrogens is 7. The van der Waals surface area contributed by atoms with Crippen LogP contribution in [0.5, 0.6) is 0 Å². The molecule has 4 aromatic carbocycles. The molecule has 82 heavy (non-hydrogen) atoms. The van der Waals surface area contributed by atoms with Gasteiger partial charge in [-0.3, -0.25) is 9.79 Å². The van der Waals surface area contributed by atoms with E-state index in [2.05, 4.69) is 107 Å². The van der Waals surface area contributed by atoms with Crippen LogP contribution in [0.15, 0.2) is 142 Å². The van der Waals surface area contributed by atoms with Crippen LogP contribution < -0.4 is 21.7 Å². The Kier molecular flexibility index (Phi) is 22.5. The van der Waals surface area contributed by atoms with Crippen molar-refractivity contribution in [1.82, 2.24) is 40.0 Å². The number of carboxylic acid groups (broad SMARTS) is 1. The molecule has 9 aromatic rings. The van der Waals surface area contributed by atoms with Crippen molar-refractivity contribution < 1.29 is 29.0 Å². The molecule has 0 bridgehead atoms. The smallest absolute Gasteiger partial charge is 0.435 e. The molecule has 0 spiro atoms. The number of hydrogen-bond donors (Lipinski definition) is 6. The number of nitrogens with two attached hydrogens (primary N) is 1. The number of benzene rings is 4. The number of aliphatic imine (C=N–C) groups is 1. The van der Waals surface area contributed by atoms with Crippen LogP contribution in [-0.4, -0.2) is 108 Å². The lowest BCUT2D eigenvalue weighted by Gasteiger charge is -2.19. The lowest BCUT2D eigenvalue weighted by Crippen LogP contribution is -2.27. The van der Waals surface area contributed by atoms with Crippen LogP contribution in [-0.2, 0) is 9.47 Å². The number of H-pyrrole nitrogens is 1. The molecular formula is C59H60Br2ClN13O6S. The lowest BCUT2D eigenvalue weighted by atomic mass is 10.1. The number of carbonyl (C=O) groups excluding carboxylic acids is 2. The summed E-state index contributed by atoms with van der Waals surface area (Å²) in [6.07, 6.45) is 11.7. The van der Waals surface area contributed by atoms with Crippen LogP contribution in [0.4, 0.5) is 27.8 Å². The van der Waals surface area contributed by atoms with E-state index in [-0.39, 0.29) is 17.1 Å². The van der Waals surface area contributed by atoms with E-state index in [1.807, 2.05) is 107 Å².